The lowest BCUT2D eigenvalue weighted by Crippen LogP contribution is -2.09. The fraction of sp³-hybridized carbons (Fsp3) is 0.235. The van der Waals surface area contributed by atoms with Crippen molar-refractivity contribution < 1.29 is 9.84 Å². The van der Waals surface area contributed by atoms with Crippen LogP contribution in [0.2, 0.25) is 0 Å². The van der Waals surface area contributed by atoms with Gasteiger partial charge in [0.05, 0.1) is 36.7 Å². The van der Waals surface area contributed by atoms with Gasteiger partial charge in [-0.15, -0.1) is 6.42 Å². The zero-order valence-corrected chi connectivity index (χ0v) is 13.0. The van der Waals surface area contributed by atoms with E-state index in [0.29, 0.717) is 35.7 Å². The molecule has 3 N–H and O–H groups in total. The summed E-state index contributed by atoms with van der Waals surface area (Å²) in [4.78, 5) is 13.2. The summed E-state index contributed by atoms with van der Waals surface area (Å²) in [6.07, 6.45) is 11.1. The van der Waals surface area contributed by atoms with Gasteiger partial charge in [-0.05, 0) is 12.1 Å². The molecule has 0 atom stereocenters. The van der Waals surface area contributed by atoms with Crippen molar-refractivity contribution in [1.82, 2.24) is 19.5 Å². The first kappa shape index (κ1) is 15.9. The highest BCUT2D eigenvalue weighted by molar-refractivity contribution is 5.95. The second-order valence-corrected chi connectivity index (χ2v) is 5.09. The van der Waals surface area contributed by atoms with E-state index >= 15 is 0 Å². The number of ether oxygens (including phenoxy) is 1. The molecule has 1 aromatic carbocycles. The monoisotopic (exact) mass is 323 g/mol. The number of aliphatic hydroxyl groups excluding tert-OH is 1. The largest absolute Gasteiger partial charge is 0.397 e. The van der Waals surface area contributed by atoms with Crippen molar-refractivity contribution in [3.05, 3.63) is 42.1 Å². The van der Waals surface area contributed by atoms with Crippen LogP contribution in [0, 0.1) is 12.3 Å². The molecule has 0 amide bonds. The van der Waals surface area contributed by atoms with Gasteiger partial charge in [0.15, 0.2) is 0 Å². The van der Waals surface area contributed by atoms with Crippen molar-refractivity contribution >= 4 is 16.6 Å². The molecule has 3 rings (SSSR count). The van der Waals surface area contributed by atoms with Gasteiger partial charge >= 0.3 is 0 Å². The molecule has 0 radical (unpaired) electrons. The molecule has 7 heteroatoms. The molecule has 3 aromatic rings. The maximum Gasteiger partial charge on any atom is 0.235 e. The Hall–Kier alpha value is -2.95. The number of nitrogens with two attached hydrogens (primary N) is 1. The number of terminal acetylenes is 1. The normalized spacial score (nSPS) is 10.8. The summed E-state index contributed by atoms with van der Waals surface area (Å²) in [5.74, 6) is 3.08. The summed E-state index contributed by atoms with van der Waals surface area (Å²) in [6.45, 7) is 0.673. The number of hydrogen-bond donors (Lipinski definition) is 2. The number of nitrogens with zero attached hydrogens (tertiary/aromatic N) is 4. The molecule has 2 heterocycles. The third-order valence-electron chi connectivity index (χ3n) is 3.58. The number of nitrogen functional groups attached to an aromatic ring is 1. The summed E-state index contributed by atoms with van der Waals surface area (Å²) in [5, 5.41) is 9.55. The van der Waals surface area contributed by atoms with Gasteiger partial charge < -0.3 is 15.6 Å². The van der Waals surface area contributed by atoms with Crippen LogP contribution in [0.3, 0.4) is 0 Å². The first-order chi connectivity index (χ1) is 11.7. The summed E-state index contributed by atoms with van der Waals surface area (Å²) < 4.78 is 7.08. The molecule has 0 aliphatic carbocycles. The fourth-order valence-corrected chi connectivity index (χ4v) is 2.45. The van der Waals surface area contributed by atoms with E-state index in [9.17, 15) is 0 Å². The molecule has 0 aliphatic heterocycles. The Labute approximate surface area is 139 Å². The molecule has 0 aliphatic rings. The zero-order valence-electron chi connectivity index (χ0n) is 13.0. The lowest BCUT2D eigenvalue weighted by molar-refractivity contribution is 0.0942. The highest BCUT2D eigenvalue weighted by Gasteiger charge is 2.13. The summed E-state index contributed by atoms with van der Waals surface area (Å²) in [6, 6.07) is 3.61. The van der Waals surface area contributed by atoms with Crippen LogP contribution in [-0.2, 0) is 11.2 Å². The van der Waals surface area contributed by atoms with Gasteiger partial charge in [-0.25, -0.2) is 15.0 Å². The van der Waals surface area contributed by atoms with E-state index in [1.807, 2.05) is 6.07 Å². The van der Waals surface area contributed by atoms with E-state index in [4.69, 9.17) is 22.0 Å². The Morgan fingerprint density at radius 1 is 1.29 bits per heavy atom. The van der Waals surface area contributed by atoms with E-state index < -0.39 is 0 Å². The summed E-state index contributed by atoms with van der Waals surface area (Å²) >= 11 is 0. The second-order valence-electron chi connectivity index (χ2n) is 5.09. The summed E-state index contributed by atoms with van der Waals surface area (Å²) in [7, 11) is 0. The van der Waals surface area contributed by atoms with E-state index in [1.54, 1.807) is 29.4 Å². The smallest absolute Gasteiger partial charge is 0.235 e. The predicted molar refractivity (Wildman–Crippen MR) is 90.6 cm³/mol. The first-order valence-electron chi connectivity index (χ1n) is 7.47. The number of hydrogen-bond acceptors (Lipinski definition) is 6. The molecule has 0 bridgehead atoms. The maximum atomic E-state index is 8.81. The van der Waals surface area contributed by atoms with Crippen LogP contribution in [-0.4, -0.2) is 44.4 Å². The van der Waals surface area contributed by atoms with Gasteiger partial charge in [0.25, 0.3) is 0 Å². The number of anilines is 1. The number of rotatable bonds is 6. The van der Waals surface area contributed by atoms with Crippen molar-refractivity contribution in [2.75, 3.05) is 25.6 Å². The highest BCUT2D eigenvalue weighted by Crippen LogP contribution is 2.27. The van der Waals surface area contributed by atoms with E-state index in [0.717, 1.165) is 11.1 Å². The number of imidazole rings is 1. The van der Waals surface area contributed by atoms with Gasteiger partial charge in [0.1, 0.15) is 6.33 Å². The Kier molecular flexibility index (Phi) is 4.70. The quantitative estimate of drug-likeness (QED) is 0.398. The van der Waals surface area contributed by atoms with Crippen molar-refractivity contribution in [2.24, 2.45) is 0 Å². The Morgan fingerprint density at radius 3 is 2.88 bits per heavy atom. The van der Waals surface area contributed by atoms with Crippen LogP contribution in [0.1, 0.15) is 11.3 Å². The topological polar surface area (TPSA) is 99.1 Å². The third-order valence-corrected chi connectivity index (χ3v) is 3.58. The zero-order chi connectivity index (χ0) is 16.9. The molecular weight excluding hydrogens is 306 g/mol. The number of aliphatic hydroxyl groups is 1. The predicted octanol–water partition coefficient (Wildman–Crippen LogP) is 0.930. The summed E-state index contributed by atoms with van der Waals surface area (Å²) in [5.41, 5.74) is 8.76. The average molecular weight is 323 g/mol. The Bertz CT molecular complexity index is 884. The van der Waals surface area contributed by atoms with Gasteiger partial charge in [0, 0.05) is 29.8 Å². The molecule has 24 heavy (non-hydrogen) atoms. The SMILES string of the molecule is C#Cc1ccc2nc(-n3ccnc3)nc(CCOCCO)c2c1N. The van der Waals surface area contributed by atoms with Gasteiger partial charge in [0.2, 0.25) is 5.95 Å². The molecule has 122 valence electrons. The number of fused-ring (bicyclic) bond motifs is 1. The fourth-order valence-electron chi connectivity index (χ4n) is 2.45. The lowest BCUT2D eigenvalue weighted by atomic mass is 10.1. The lowest BCUT2D eigenvalue weighted by Gasteiger charge is -2.12. The molecule has 0 saturated carbocycles. The second kappa shape index (κ2) is 7.08. The van der Waals surface area contributed by atoms with Crippen molar-refractivity contribution in [2.45, 2.75) is 6.42 Å². The van der Waals surface area contributed by atoms with Crippen LogP contribution >= 0.6 is 0 Å². The van der Waals surface area contributed by atoms with E-state index in [2.05, 4.69) is 20.9 Å². The van der Waals surface area contributed by atoms with E-state index in [-0.39, 0.29) is 13.2 Å². The van der Waals surface area contributed by atoms with Crippen LogP contribution in [0.5, 0.6) is 0 Å². The maximum absolute atomic E-state index is 8.81. The van der Waals surface area contributed by atoms with Crippen LogP contribution in [0.25, 0.3) is 16.9 Å². The van der Waals surface area contributed by atoms with Gasteiger partial charge in [-0.3, -0.25) is 4.57 Å². The minimum absolute atomic E-state index is 0.0197. The molecule has 2 aromatic heterocycles. The van der Waals surface area contributed by atoms with Crippen LogP contribution < -0.4 is 5.73 Å². The minimum Gasteiger partial charge on any atom is -0.397 e. The molecular formula is C17H17N5O2. The number of benzene rings is 1. The molecule has 7 nitrogen and oxygen atoms in total. The van der Waals surface area contributed by atoms with Gasteiger partial charge in [-0.1, -0.05) is 5.92 Å². The molecule has 0 saturated heterocycles. The number of aromatic nitrogens is 4. The van der Waals surface area contributed by atoms with Crippen LogP contribution in [0.15, 0.2) is 30.9 Å². The highest BCUT2D eigenvalue weighted by atomic mass is 16.5. The molecule has 0 spiro atoms. The van der Waals surface area contributed by atoms with Crippen molar-refractivity contribution in [3.63, 3.8) is 0 Å². The molecule has 0 unspecified atom stereocenters. The standard InChI is InChI=1S/C17H17N5O2/c1-2-12-3-4-13-15(16(12)18)14(5-9-24-10-8-23)21-17(20-13)22-7-6-19-11-22/h1,3-4,6-7,11,23H,5,8-10,18H2. The average Bonchev–Trinajstić information content (AvgIpc) is 3.13. The Morgan fingerprint density at radius 2 is 2.17 bits per heavy atom. The van der Waals surface area contributed by atoms with Gasteiger partial charge in [-0.2, -0.15) is 0 Å². The molecule has 0 fully saturated rings. The van der Waals surface area contributed by atoms with Crippen molar-refractivity contribution in [3.8, 4) is 18.3 Å². The van der Waals surface area contributed by atoms with Crippen LogP contribution in [0.4, 0.5) is 5.69 Å². The minimum atomic E-state index is -0.0197. The third kappa shape index (κ3) is 3.06. The first-order valence-corrected chi connectivity index (χ1v) is 7.47. The Balaban J connectivity index is 2.10. The van der Waals surface area contributed by atoms with E-state index in [1.165, 1.54) is 0 Å². The van der Waals surface area contributed by atoms with Crippen molar-refractivity contribution in [1.29, 1.82) is 0 Å².